The molecule has 10 heterocycles. The maximum absolute atomic E-state index is 11.2. The molecule has 10 aliphatic heterocycles. The van der Waals surface area contributed by atoms with Gasteiger partial charge in [-0.15, -0.1) is 0 Å². The normalized spacial score (nSPS) is 119. The van der Waals surface area contributed by atoms with Gasteiger partial charge in [0.1, 0.15) is 0 Å². The molecule has 0 aromatic rings. The number of hydrogen-bond acceptors (Lipinski definition) is 1. The Hall–Kier alpha value is 0.189. The van der Waals surface area contributed by atoms with E-state index in [4.69, 9.17) is 0 Å². The van der Waals surface area contributed by atoms with Crippen molar-refractivity contribution in [2.45, 2.75) is 73.8 Å². The molecule has 17 heavy (non-hydrogen) atoms. The fraction of sp³-hybridized carbons (Fsp3) is 0.933. The average molecular weight is 270 g/mol. The van der Waals surface area contributed by atoms with Crippen LogP contribution in [0.25, 0.3) is 0 Å². The van der Waals surface area contributed by atoms with Gasteiger partial charge in [-0.3, -0.25) is 0 Å². The molecule has 10 fully saturated rings. The molecule has 2 heteroatoms. The van der Waals surface area contributed by atoms with Crippen molar-refractivity contribution in [2.75, 3.05) is 0 Å². The summed E-state index contributed by atoms with van der Waals surface area (Å²) in [6, 6.07) is 0. The third-order valence-corrected chi connectivity index (χ3v) is 59.1. The summed E-state index contributed by atoms with van der Waals surface area (Å²) in [6.07, 6.45) is 3.73. The van der Waals surface area contributed by atoms with Gasteiger partial charge >= 0.3 is 90.9 Å². The predicted octanol–water partition coefficient (Wildman–Crippen LogP) is 4.51. The zero-order valence-electron chi connectivity index (χ0n) is 10.1. The van der Waals surface area contributed by atoms with Gasteiger partial charge in [0.2, 0.25) is 0 Å². The van der Waals surface area contributed by atoms with Gasteiger partial charge < -0.3 is 0 Å². The van der Waals surface area contributed by atoms with Crippen LogP contribution in [0, 0.1) is 0 Å². The first-order valence-corrected chi connectivity index (χ1v) is 14.0. The van der Waals surface area contributed by atoms with E-state index >= 15 is 0 Å². The van der Waals surface area contributed by atoms with Gasteiger partial charge in [0.05, 0.1) is 0 Å². The zero-order valence-corrected chi connectivity index (χ0v) is 11.2. The van der Waals surface area contributed by atoms with Crippen LogP contribution in [0.1, 0.15) is 26.2 Å². The Balaban J connectivity index is 1.36. The van der Waals surface area contributed by atoms with Crippen molar-refractivity contribution in [1.82, 2.24) is 0 Å². The minimum absolute atomic E-state index is 0.441. The molecule has 0 aromatic carbocycles. The van der Waals surface area contributed by atoms with E-state index in [2.05, 4.69) is 0 Å². The Kier molecular flexibility index (Phi) is 0.204. The molecule has 1 nitrogen and oxygen atoms in total. The van der Waals surface area contributed by atoms with Crippen LogP contribution in [0.4, 0.5) is 0 Å². The van der Waals surface area contributed by atoms with E-state index in [-0.39, 0.29) is 0 Å². The summed E-state index contributed by atoms with van der Waals surface area (Å²) in [5.74, 6) is 0.441. The molecule has 92 valence electrons. The minimum atomic E-state index is -2.73. The second kappa shape index (κ2) is 0.527. The Morgan fingerprint density at radius 2 is 1.53 bits per heavy atom. The SMILES string of the molecule is CC(=O)CCC[C]12[CH]3[CH]4[CH]5[CH]1[Fe]45321678[CH]2[CH]1[CH]6[CH]7[CH]28. The zero-order chi connectivity index (χ0) is 10.7. The Bertz CT molecular complexity index is 892. The maximum atomic E-state index is 11.2. The van der Waals surface area contributed by atoms with Crippen LogP contribution in [-0.4, -0.2) is 5.78 Å². The summed E-state index contributed by atoms with van der Waals surface area (Å²) >= 11 is 0. The molecule has 0 bridgehead atoms. The van der Waals surface area contributed by atoms with Gasteiger partial charge in [-0.1, -0.05) is 0 Å². The van der Waals surface area contributed by atoms with Crippen LogP contribution >= 0.6 is 0 Å². The average Bonchev–Trinajstić information content (AvgIpc) is 3.24. The standard InChI is InChI=1S/C10H13O.C5H5.Fe/c1-9(11)5-4-8-10-6-2-3-7-10;1-2-4-5-3-1;/h2-3,6-7H,4-5,8H2,1H3;1-5H;. The van der Waals surface area contributed by atoms with Gasteiger partial charge in [-0.05, 0) is 0 Å². The molecule has 10 saturated heterocycles. The molecule has 4 atom stereocenters. The third kappa shape index (κ3) is 0.0672. The summed E-state index contributed by atoms with van der Waals surface area (Å²) < 4.78 is 1.08. The van der Waals surface area contributed by atoms with Crippen LogP contribution in [0.5, 0.6) is 0 Å². The van der Waals surface area contributed by atoms with Crippen molar-refractivity contribution < 1.29 is 11.3 Å². The van der Waals surface area contributed by atoms with Gasteiger partial charge in [0.25, 0.3) is 0 Å². The summed E-state index contributed by atoms with van der Waals surface area (Å²) in [4.78, 5) is 24.4. The monoisotopic (exact) mass is 270 g/mol. The molecule has 0 aliphatic carbocycles. The molecular weight excluding hydrogens is 252 g/mol. The first kappa shape index (κ1) is 6.57. The molecule has 10 aliphatic rings. The van der Waals surface area contributed by atoms with Crippen molar-refractivity contribution in [3.8, 4) is 0 Å². The van der Waals surface area contributed by atoms with Crippen molar-refractivity contribution >= 4 is 5.78 Å². The van der Waals surface area contributed by atoms with Gasteiger partial charge in [-0.2, -0.15) is 0 Å². The topological polar surface area (TPSA) is 17.1 Å². The van der Waals surface area contributed by atoms with Crippen molar-refractivity contribution in [3.63, 3.8) is 0 Å². The third-order valence-electron chi connectivity index (χ3n) is 16.1. The van der Waals surface area contributed by atoms with E-state index in [0.29, 0.717) is 5.78 Å². The molecule has 1 spiro atoms. The van der Waals surface area contributed by atoms with E-state index in [1.54, 1.807) is 13.3 Å². The Morgan fingerprint density at radius 3 is 1.82 bits per heavy atom. The summed E-state index contributed by atoms with van der Waals surface area (Å²) in [5, 5.41) is 0. The van der Waals surface area contributed by atoms with E-state index in [1.807, 2.05) is 0 Å². The van der Waals surface area contributed by atoms with Crippen LogP contribution < -0.4 is 0 Å². The number of hydrogen-bond donors (Lipinski definition) is 0. The summed E-state index contributed by atoms with van der Waals surface area (Å²) in [7, 11) is 0. The summed E-state index contributed by atoms with van der Waals surface area (Å²) in [5.41, 5.74) is 0. The second-order valence-electron chi connectivity index (χ2n) is 11.4. The molecule has 0 radical (unpaired) electrons. The number of ketones is 1. The van der Waals surface area contributed by atoms with Crippen LogP contribution in [-0.2, 0) is 11.3 Å². The Morgan fingerprint density at radius 1 is 1.00 bits per heavy atom. The number of Topliss-reactive ketones (excluding diaryl/α,β-unsaturated/α-hetero) is 1. The molecular formula is C15H18FeO. The molecule has 0 saturated carbocycles. The van der Waals surface area contributed by atoms with Gasteiger partial charge in [-0.25, -0.2) is 0 Å². The van der Waals surface area contributed by atoms with Crippen LogP contribution in [0.15, 0.2) is 0 Å². The van der Waals surface area contributed by atoms with Crippen LogP contribution in [0.2, 0.25) is 47.7 Å². The molecule has 10 rings (SSSR count). The van der Waals surface area contributed by atoms with E-state index in [9.17, 15) is 4.79 Å². The number of carbonyl (C=O) groups excluding carboxylic acids is 1. The van der Waals surface area contributed by atoms with Crippen molar-refractivity contribution in [1.29, 1.82) is 0 Å². The number of fused-ring (bicyclic) bond motifs is 10. The fourth-order valence-corrected chi connectivity index (χ4v) is 93.3. The van der Waals surface area contributed by atoms with E-state index in [1.165, 1.54) is 49.8 Å². The molecule has 0 amide bonds. The predicted molar refractivity (Wildman–Crippen MR) is 61.0 cm³/mol. The van der Waals surface area contributed by atoms with Crippen LogP contribution in [0.3, 0.4) is 0 Å². The van der Waals surface area contributed by atoms with E-state index < -0.39 is 6.51 Å². The van der Waals surface area contributed by atoms with Gasteiger partial charge in [0, 0.05) is 0 Å². The fourth-order valence-electron chi connectivity index (χ4n) is 18.0. The summed E-state index contributed by atoms with van der Waals surface area (Å²) in [6.45, 7) is -0.938. The first-order chi connectivity index (χ1) is 7.96. The van der Waals surface area contributed by atoms with Crippen molar-refractivity contribution in [3.05, 3.63) is 0 Å². The van der Waals surface area contributed by atoms with Crippen molar-refractivity contribution in [2.24, 2.45) is 0 Å². The van der Waals surface area contributed by atoms with Gasteiger partial charge in [0.15, 0.2) is 0 Å². The molecule has 0 aromatic heterocycles. The number of rotatable bonds is 4. The Labute approximate surface area is 91.0 Å². The number of carbonyl (C=O) groups is 1. The molecule has 4 unspecified atom stereocenters. The molecule has 0 N–H and O–H groups in total. The quantitative estimate of drug-likeness (QED) is 0.687. The van der Waals surface area contributed by atoms with E-state index in [0.717, 1.165) is 10.7 Å². The second-order valence-corrected chi connectivity index (χ2v) is 35.1. The first-order valence-electron chi connectivity index (χ1n) is 7.67.